The van der Waals surface area contributed by atoms with Crippen molar-refractivity contribution in [1.29, 1.82) is 0 Å². The summed E-state index contributed by atoms with van der Waals surface area (Å²) < 4.78 is 6.62. The summed E-state index contributed by atoms with van der Waals surface area (Å²) in [6.07, 6.45) is 1.83. The molecule has 2 rings (SSSR count). The molecule has 1 aromatic heterocycles. The summed E-state index contributed by atoms with van der Waals surface area (Å²) in [4.78, 5) is 4.30. The first kappa shape index (κ1) is 13.1. The molecule has 4 heteroatoms. The first-order chi connectivity index (χ1) is 8.70. The van der Waals surface area contributed by atoms with Crippen molar-refractivity contribution in [1.82, 2.24) is 10.3 Å². The molecule has 0 saturated heterocycles. The Kier molecular flexibility index (Phi) is 4.33. The highest BCUT2D eigenvalue weighted by atomic mass is 79.9. The van der Waals surface area contributed by atoms with Gasteiger partial charge >= 0.3 is 0 Å². The molecule has 1 heterocycles. The minimum atomic E-state index is 0.287. The van der Waals surface area contributed by atoms with Crippen LogP contribution in [0.4, 0.5) is 0 Å². The Hall–Kier alpha value is -1.39. The summed E-state index contributed by atoms with van der Waals surface area (Å²) >= 11 is 3.44. The van der Waals surface area contributed by atoms with Crippen molar-refractivity contribution in [2.75, 3.05) is 7.05 Å². The standard InChI is InChI=1S/C14H15BrN2O/c1-10(16-2)11-7-8-14(17-9-11)18-13-6-4-3-5-12(13)15/h3-10,16H,1-2H3. The van der Waals surface area contributed by atoms with E-state index >= 15 is 0 Å². The topological polar surface area (TPSA) is 34.1 Å². The molecule has 0 aliphatic heterocycles. The van der Waals surface area contributed by atoms with E-state index in [1.165, 1.54) is 0 Å². The molecule has 94 valence electrons. The van der Waals surface area contributed by atoms with Gasteiger partial charge in [0.25, 0.3) is 0 Å². The predicted octanol–water partition coefficient (Wildman–Crippen LogP) is 3.92. The third-order valence-electron chi connectivity index (χ3n) is 2.74. The molecule has 1 unspecified atom stereocenters. The number of pyridine rings is 1. The van der Waals surface area contributed by atoms with Gasteiger partial charge in [0.05, 0.1) is 4.47 Å². The fourth-order valence-electron chi connectivity index (χ4n) is 1.52. The summed E-state index contributed by atoms with van der Waals surface area (Å²) in [5, 5.41) is 3.17. The van der Waals surface area contributed by atoms with Crippen molar-refractivity contribution in [2.45, 2.75) is 13.0 Å². The van der Waals surface area contributed by atoms with E-state index in [1.807, 2.05) is 49.6 Å². The third-order valence-corrected chi connectivity index (χ3v) is 3.40. The summed E-state index contributed by atoms with van der Waals surface area (Å²) in [5.41, 5.74) is 1.14. The molecule has 0 bridgehead atoms. The van der Waals surface area contributed by atoms with Gasteiger partial charge in [0.2, 0.25) is 5.88 Å². The van der Waals surface area contributed by atoms with E-state index in [-0.39, 0.29) is 6.04 Å². The summed E-state index contributed by atoms with van der Waals surface area (Å²) in [5.74, 6) is 1.35. The van der Waals surface area contributed by atoms with Crippen LogP contribution in [0.3, 0.4) is 0 Å². The Morgan fingerprint density at radius 1 is 1.22 bits per heavy atom. The highest BCUT2D eigenvalue weighted by molar-refractivity contribution is 9.10. The molecular formula is C14H15BrN2O. The number of halogens is 1. The lowest BCUT2D eigenvalue weighted by Crippen LogP contribution is -2.12. The second-order valence-corrected chi connectivity index (χ2v) is 4.83. The van der Waals surface area contributed by atoms with Gasteiger partial charge in [0, 0.05) is 18.3 Å². The Morgan fingerprint density at radius 3 is 2.61 bits per heavy atom. The Morgan fingerprint density at radius 2 is 2.00 bits per heavy atom. The van der Waals surface area contributed by atoms with Crippen LogP contribution in [0.5, 0.6) is 11.6 Å². The molecule has 2 aromatic rings. The van der Waals surface area contributed by atoms with Crippen molar-refractivity contribution < 1.29 is 4.74 Å². The van der Waals surface area contributed by atoms with E-state index < -0.39 is 0 Å². The number of para-hydroxylation sites is 1. The second kappa shape index (κ2) is 5.98. The van der Waals surface area contributed by atoms with Gasteiger partial charge in [-0.25, -0.2) is 4.98 Å². The fourth-order valence-corrected chi connectivity index (χ4v) is 1.88. The van der Waals surface area contributed by atoms with E-state index in [0.717, 1.165) is 15.8 Å². The molecule has 18 heavy (non-hydrogen) atoms. The molecule has 1 aromatic carbocycles. The number of hydrogen-bond acceptors (Lipinski definition) is 3. The fraction of sp³-hybridized carbons (Fsp3) is 0.214. The van der Waals surface area contributed by atoms with Crippen LogP contribution in [0, 0.1) is 0 Å². The zero-order valence-corrected chi connectivity index (χ0v) is 11.9. The number of rotatable bonds is 4. The van der Waals surface area contributed by atoms with Crippen molar-refractivity contribution in [2.24, 2.45) is 0 Å². The Labute approximate surface area is 115 Å². The first-order valence-corrected chi connectivity index (χ1v) is 6.55. The second-order valence-electron chi connectivity index (χ2n) is 3.97. The summed E-state index contributed by atoms with van der Waals surface area (Å²) in [7, 11) is 1.93. The van der Waals surface area contributed by atoms with Crippen LogP contribution in [0.2, 0.25) is 0 Å². The lowest BCUT2D eigenvalue weighted by atomic mass is 10.1. The number of benzene rings is 1. The Balaban J connectivity index is 2.14. The maximum atomic E-state index is 5.70. The van der Waals surface area contributed by atoms with E-state index in [9.17, 15) is 0 Å². The quantitative estimate of drug-likeness (QED) is 0.929. The maximum Gasteiger partial charge on any atom is 0.219 e. The summed E-state index contributed by atoms with van der Waals surface area (Å²) in [6, 6.07) is 11.9. The minimum absolute atomic E-state index is 0.287. The van der Waals surface area contributed by atoms with Gasteiger partial charge in [-0.15, -0.1) is 0 Å². The van der Waals surface area contributed by atoms with Gasteiger partial charge < -0.3 is 10.1 Å². The zero-order chi connectivity index (χ0) is 13.0. The van der Waals surface area contributed by atoms with E-state index in [4.69, 9.17) is 4.74 Å². The zero-order valence-electron chi connectivity index (χ0n) is 10.4. The molecule has 1 N–H and O–H groups in total. The monoisotopic (exact) mass is 306 g/mol. The predicted molar refractivity (Wildman–Crippen MR) is 75.9 cm³/mol. The van der Waals surface area contributed by atoms with Gasteiger partial charge in [-0.1, -0.05) is 18.2 Å². The van der Waals surface area contributed by atoms with Crippen molar-refractivity contribution in [3.63, 3.8) is 0 Å². The molecule has 0 fully saturated rings. The molecule has 0 amide bonds. The number of hydrogen-bond donors (Lipinski definition) is 1. The lowest BCUT2D eigenvalue weighted by Gasteiger charge is -2.11. The number of ether oxygens (including phenoxy) is 1. The van der Waals surface area contributed by atoms with Gasteiger partial charge in [0.1, 0.15) is 5.75 Å². The SMILES string of the molecule is CNC(C)c1ccc(Oc2ccccc2Br)nc1. The number of nitrogens with one attached hydrogen (secondary N) is 1. The van der Waals surface area contributed by atoms with Crippen LogP contribution in [-0.4, -0.2) is 12.0 Å². The maximum absolute atomic E-state index is 5.70. The van der Waals surface area contributed by atoms with E-state index in [2.05, 4.69) is 33.2 Å². The van der Waals surface area contributed by atoms with E-state index in [1.54, 1.807) is 0 Å². The Bertz CT molecular complexity index is 513. The van der Waals surface area contributed by atoms with Gasteiger partial charge in [0.15, 0.2) is 0 Å². The van der Waals surface area contributed by atoms with Crippen LogP contribution in [0.25, 0.3) is 0 Å². The smallest absolute Gasteiger partial charge is 0.219 e. The van der Waals surface area contributed by atoms with Crippen LogP contribution >= 0.6 is 15.9 Å². The van der Waals surface area contributed by atoms with Gasteiger partial charge in [-0.3, -0.25) is 0 Å². The van der Waals surface area contributed by atoms with Crippen molar-refractivity contribution in [3.8, 4) is 11.6 Å². The average molecular weight is 307 g/mol. The highest BCUT2D eigenvalue weighted by Crippen LogP contribution is 2.28. The van der Waals surface area contributed by atoms with Crippen molar-refractivity contribution >= 4 is 15.9 Å². The van der Waals surface area contributed by atoms with E-state index in [0.29, 0.717) is 5.88 Å². The molecule has 0 aliphatic carbocycles. The molecule has 0 saturated carbocycles. The minimum Gasteiger partial charge on any atom is -0.438 e. The lowest BCUT2D eigenvalue weighted by molar-refractivity contribution is 0.459. The summed E-state index contributed by atoms with van der Waals surface area (Å²) in [6.45, 7) is 2.09. The molecule has 3 nitrogen and oxygen atoms in total. The van der Waals surface area contributed by atoms with Crippen LogP contribution < -0.4 is 10.1 Å². The molecule has 0 spiro atoms. The van der Waals surface area contributed by atoms with Crippen LogP contribution in [-0.2, 0) is 0 Å². The third kappa shape index (κ3) is 3.09. The average Bonchev–Trinajstić information content (AvgIpc) is 2.41. The van der Waals surface area contributed by atoms with Gasteiger partial charge in [-0.05, 0) is 47.6 Å². The molecule has 1 atom stereocenters. The first-order valence-electron chi connectivity index (χ1n) is 5.76. The molecule has 0 radical (unpaired) electrons. The number of aromatic nitrogens is 1. The molecular weight excluding hydrogens is 292 g/mol. The van der Waals surface area contributed by atoms with Crippen LogP contribution in [0.1, 0.15) is 18.5 Å². The number of nitrogens with zero attached hydrogens (tertiary/aromatic N) is 1. The van der Waals surface area contributed by atoms with Crippen LogP contribution in [0.15, 0.2) is 47.1 Å². The van der Waals surface area contributed by atoms with Crippen molar-refractivity contribution in [3.05, 3.63) is 52.6 Å². The highest BCUT2D eigenvalue weighted by Gasteiger charge is 2.05. The normalized spacial score (nSPS) is 12.2. The molecule has 0 aliphatic rings. The largest absolute Gasteiger partial charge is 0.438 e. The van der Waals surface area contributed by atoms with Gasteiger partial charge in [-0.2, -0.15) is 0 Å².